The molecule has 27 heavy (non-hydrogen) atoms. The summed E-state index contributed by atoms with van der Waals surface area (Å²) in [5, 5.41) is 14.6. The summed E-state index contributed by atoms with van der Waals surface area (Å²) in [6.45, 7) is 2.49. The van der Waals surface area contributed by atoms with Crippen LogP contribution in [0.1, 0.15) is 12.5 Å². The molecule has 0 aliphatic carbocycles. The summed E-state index contributed by atoms with van der Waals surface area (Å²) in [7, 11) is 0. The first kappa shape index (κ1) is 18.5. The largest absolute Gasteiger partial charge is 0.493 e. The molecule has 0 aromatic heterocycles. The Balaban J connectivity index is 1.96. The fraction of sp³-hybridized carbons (Fsp3) is 0.0909. The summed E-state index contributed by atoms with van der Waals surface area (Å²) >= 11 is 5.85. The number of nitriles is 1. The van der Waals surface area contributed by atoms with Crippen LogP contribution in [0.4, 0.5) is 5.69 Å². The molecule has 3 aromatic rings. The first-order valence-electron chi connectivity index (χ1n) is 8.45. The van der Waals surface area contributed by atoms with Gasteiger partial charge in [0.05, 0.1) is 6.61 Å². The van der Waals surface area contributed by atoms with Crippen LogP contribution in [-0.2, 0) is 4.79 Å². The molecule has 3 aromatic carbocycles. The van der Waals surface area contributed by atoms with Gasteiger partial charge in [-0.05, 0) is 54.3 Å². The van der Waals surface area contributed by atoms with Crippen molar-refractivity contribution < 1.29 is 9.53 Å². The minimum atomic E-state index is -0.474. The van der Waals surface area contributed by atoms with E-state index in [9.17, 15) is 10.1 Å². The number of benzene rings is 3. The number of nitrogens with one attached hydrogen (secondary N) is 1. The molecule has 0 spiro atoms. The maximum Gasteiger partial charge on any atom is 0.266 e. The maximum atomic E-state index is 12.5. The van der Waals surface area contributed by atoms with Gasteiger partial charge in [-0.2, -0.15) is 5.26 Å². The van der Waals surface area contributed by atoms with Gasteiger partial charge in [-0.3, -0.25) is 4.79 Å². The number of rotatable bonds is 5. The fourth-order valence-electron chi connectivity index (χ4n) is 2.74. The average molecular weight is 377 g/mol. The molecule has 4 nitrogen and oxygen atoms in total. The second-order valence-corrected chi connectivity index (χ2v) is 6.20. The Hall–Kier alpha value is -3.29. The van der Waals surface area contributed by atoms with Crippen LogP contribution in [0.5, 0.6) is 5.75 Å². The van der Waals surface area contributed by atoms with Gasteiger partial charge in [0.15, 0.2) is 0 Å². The van der Waals surface area contributed by atoms with E-state index < -0.39 is 5.91 Å². The van der Waals surface area contributed by atoms with Crippen molar-refractivity contribution in [2.75, 3.05) is 11.9 Å². The number of amides is 1. The van der Waals surface area contributed by atoms with Crippen molar-refractivity contribution in [1.82, 2.24) is 0 Å². The third-order valence-corrected chi connectivity index (χ3v) is 4.24. The lowest BCUT2D eigenvalue weighted by Gasteiger charge is -2.10. The van der Waals surface area contributed by atoms with Gasteiger partial charge in [-0.25, -0.2) is 0 Å². The molecule has 0 atom stereocenters. The molecular formula is C22H17ClN2O2. The third-order valence-electron chi connectivity index (χ3n) is 3.98. The standard InChI is InChI=1S/C22H17ClN2O2/c1-2-27-21-12-7-15(19-5-3-4-6-20(19)21)13-16(14-24)22(26)25-18-10-8-17(23)9-11-18/h3-13H,2H2,1H3,(H,25,26)/b16-13-. The van der Waals surface area contributed by atoms with Crippen LogP contribution in [0.25, 0.3) is 16.8 Å². The SMILES string of the molecule is CCOc1ccc(/C=C(/C#N)C(=O)Nc2ccc(Cl)cc2)c2ccccc12. The topological polar surface area (TPSA) is 62.1 Å². The highest BCUT2D eigenvalue weighted by molar-refractivity contribution is 6.30. The first-order chi connectivity index (χ1) is 13.1. The van der Waals surface area contributed by atoms with Gasteiger partial charge in [0.2, 0.25) is 0 Å². The zero-order chi connectivity index (χ0) is 19.2. The van der Waals surface area contributed by atoms with Gasteiger partial charge in [-0.15, -0.1) is 0 Å². The Labute approximate surface area is 162 Å². The van der Waals surface area contributed by atoms with Crippen molar-refractivity contribution in [3.8, 4) is 11.8 Å². The number of fused-ring (bicyclic) bond motifs is 1. The molecule has 0 bridgehead atoms. The summed E-state index contributed by atoms with van der Waals surface area (Å²) in [5.41, 5.74) is 1.36. The van der Waals surface area contributed by atoms with Crippen LogP contribution in [0.2, 0.25) is 5.02 Å². The van der Waals surface area contributed by atoms with Gasteiger partial charge in [0.1, 0.15) is 17.4 Å². The van der Waals surface area contributed by atoms with E-state index in [1.807, 2.05) is 49.4 Å². The van der Waals surface area contributed by atoms with Crippen LogP contribution in [0, 0.1) is 11.3 Å². The number of ether oxygens (including phenoxy) is 1. The van der Waals surface area contributed by atoms with Crippen LogP contribution in [0.15, 0.2) is 66.2 Å². The lowest BCUT2D eigenvalue weighted by molar-refractivity contribution is -0.112. The molecule has 0 aliphatic rings. The van der Waals surface area contributed by atoms with Crippen molar-refractivity contribution in [2.24, 2.45) is 0 Å². The lowest BCUT2D eigenvalue weighted by atomic mass is 10.0. The Morgan fingerprint density at radius 1 is 1.11 bits per heavy atom. The minimum absolute atomic E-state index is 0.0132. The van der Waals surface area contributed by atoms with E-state index in [1.54, 1.807) is 30.3 Å². The molecule has 0 radical (unpaired) electrons. The average Bonchev–Trinajstić information content (AvgIpc) is 2.69. The summed E-state index contributed by atoms with van der Waals surface area (Å²) in [4.78, 5) is 12.5. The number of anilines is 1. The van der Waals surface area contributed by atoms with E-state index in [4.69, 9.17) is 16.3 Å². The molecule has 0 saturated carbocycles. The number of hydrogen-bond donors (Lipinski definition) is 1. The van der Waals surface area contributed by atoms with Gasteiger partial charge < -0.3 is 10.1 Å². The van der Waals surface area contributed by atoms with Crippen molar-refractivity contribution in [3.05, 3.63) is 76.8 Å². The van der Waals surface area contributed by atoms with E-state index in [-0.39, 0.29) is 5.57 Å². The molecule has 0 fully saturated rings. The molecule has 134 valence electrons. The highest BCUT2D eigenvalue weighted by Gasteiger charge is 2.12. The Kier molecular flexibility index (Phi) is 5.75. The zero-order valence-corrected chi connectivity index (χ0v) is 15.5. The maximum absolute atomic E-state index is 12.5. The lowest BCUT2D eigenvalue weighted by Crippen LogP contribution is -2.13. The number of hydrogen-bond acceptors (Lipinski definition) is 3. The summed E-state index contributed by atoms with van der Waals surface area (Å²) in [6.07, 6.45) is 1.59. The quantitative estimate of drug-likeness (QED) is 0.476. The monoisotopic (exact) mass is 376 g/mol. The van der Waals surface area contributed by atoms with Crippen LogP contribution < -0.4 is 10.1 Å². The summed E-state index contributed by atoms with van der Waals surface area (Å²) in [5.74, 6) is 0.298. The van der Waals surface area contributed by atoms with Crippen LogP contribution in [0.3, 0.4) is 0 Å². The summed E-state index contributed by atoms with van der Waals surface area (Å²) in [6, 6.07) is 20.1. The fourth-order valence-corrected chi connectivity index (χ4v) is 2.86. The van der Waals surface area contributed by atoms with Crippen molar-refractivity contribution >= 4 is 40.0 Å². The van der Waals surface area contributed by atoms with E-state index in [1.165, 1.54) is 0 Å². The number of nitrogens with zero attached hydrogens (tertiary/aromatic N) is 1. The van der Waals surface area contributed by atoms with E-state index in [2.05, 4.69) is 5.32 Å². The zero-order valence-electron chi connectivity index (χ0n) is 14.7. The molecule has 0 heterocycles. The first-order valence-corrected chi connectivity index (χ1v) is 8.83. The Bertz CT molecular complexity index is 1050. The van der Waals surface area contributed by atoms with Crippen LogP contribution >= 0.6 is 11.6 Å². The number of carbonyl (C=O) groups is 1. The molecule has 1 amide bonds. The summed E-state index contributed by atoms with van der Waals surface area (Å²) < 4.78 is 5.67. The van der Waals surface area contributed by atoms with Crippen molar-refractivity contribution in [1.29, 1.82) is 5.26 Å². The smallest absolute Gasteiger partial charge is 0.266 e. The normalized spacial score (nSPS) is 11.1. The van der Waals surface area contributed by atoms with Crippen molar-refractivity contribution in [3.63, 3.8) is 0 Å². The predicted octanol–water partition coefficient (Wildman–Crippen LogP) is 5.44. The third kappa shape index (κ3) is 4.28. The van der Waals surface area contributed by atoms with Gasteiger partial charge in [0.25, 0.3) is 5.91 Å². The Morgan fingerprint density at radius 3 is 2.48 bits per heavy atom. The minimum Gasteiger partial charge on any atom is -0.493 e. The highest BCUT2D eigenvalue weighted by atomic mass is 35.5. The molecule has 3 rings (SSSR count). The van der Waals surface area contributed by atoms with Gasteiger partial charge in [0, 0.05) is 16.1 Å². The van der Waals surface area contributed by atoms with E-state index in [0.29, 0.717) is 17.3 Å². The molecular weight excluding hydrogens is 360 g/mol. The second kappa shape index (κ2) is 8.39. The molecule has 5 heteroatoms. The molecule has 0 unspecified atom stereocenters. The van der Waals surface area contributed by atoms with Gasteiger partial charge >= 0.3 is 0 Å². The number of carbonyl (C=O) groups excluding carboxylic acids is 1. The molecule has 0 saturated heterocycles. The Morgan fingerprint density at radius 2 is 1.81 bits per heavy atom. The molecule has 0 aliphatic heterocycles. The van der Waals surface area contributed by atoms with Crippen molar-refractivity contribution in [2.45, 2.75) is 6.92 Å². The van der Waals surface area contributed by atoms with E-state index >= 15 is 0 Å². The second-order valence-electron chi connectivity index (χ2n) is 5.76. The predicted molar refractivity (Wildman–Crippen MR) is 109 cm³/mol. The van der Waals surface area contributed by atoms with E-state index in [0.717, 1.165) is 22.1 Å². The molecule has 1 N–H and O–H groups in total. The van der Waals surface area contributed by atoms with Gasteiger partial charge in [-0.1, -0.05) is 41.9 Å². The highest BCUT2D eigenvalue weighted by Crippen LogP contribution is 2.30. The number of halogens is 1. The van der Waals surface area contributed by atoms with Crippen LogP contribution in [-0.4, -0.2) is 12.5 Å².